The Morgan fingerprint density at radius 2 is 2.26 bits per heavy atom. The number of fused-ring (bicyclic) bond motifs is 1. The minimum Gasteiger partial charge on any atom is -0.477 e. The van der Waals surface area contributed by atoms with Crippen LogP contribution in [-0.4, -0.2) is 69.6 Å². The van der Waals surface area contributed by atoms with Gasteiger partial charge in [0.1, 0.15) is 22.8 Å². The van der Waals surface area contributed by atoms with Gasteiger partial charge in [-0.3, -0.25) is 14.5 Å². The third kappa shape index (κ3) is 4.10. The highest BCUT2D eigenvalue weighted by Crippen LogP contribution is 2.44. The Hall–Kier alpha value is -2.69. The summed E-state index contributed by atoms with van der Waals surface area (Å²) >= 11 is 4.74. The summed E-state index contributed by atoms with van der Waals surface area (Å²) in [5, 5.41) is 25.4. The molecule has 2 atom stereocenters. The van der Waals surface area contributed by atoms with Crippen LogP contribution < -0.4 is 11.1 Å². The quantitative estimate of drug-likeness (QED) is 0.179. The number of nitrogen functional groups attached to an aromatic ring is 1. The average Bonchev–Trinajstić information content (AvgIpc) is 3.42. The van der Waals surface area contributed by atoms with E-state index in [0.717, 1.165) is 28.8 Å². The Kier molecular flexibility index (Phi) is 6.12. The summed E-state index contributed by atoms with van der Waals surface area (Å²) in [6.07, 6.45) is 1.61. The summed E-state index contributed by atoms with van der Waals surface area (Å²) in [5.41, 5.74) is 5.84. The summed E-state index contributed by atoms with van der Waals surface area (Å²) in [4.78, 5) is 42.7. The van der Waals surface area contributed by atoms with Gasteiger partial charge >= 0.3 is 5.97 Å². The van der Waals surface area contributed by atoms with Gasteiger partial charge in [0.2, 0.25) is 0 Å². The Labute approximate surface area is 190 Å². The van der Waals surface area contributed by atoms with Gasteiger partial charge in [-0.05, 0) is 0 Å². The highest BCUT2D eigenvalue weighted by Gasteiger charge is 2.54. The lowest BCUT2D eigenvalue weighted by Crippen LogP contribution is -2.71. The van der Waals surface area contributed by atoms with E-state index in [9.17, 15) is 24.7 Å². The van der Waals surface area contributed by atoms with E-state index in [1.807, 2.05) is 0 Å². The number of carbonyl (C=O) groups is 3. The van der Waals surface area contributed by atoms with Crippen LogP contribution in [-0.2, 0) is 20.1 Å². The van der Waals surface area contributed by atoms with E-state index in [-0.39, 0.29) is 22.2 Å². The summed E-state index contributed by atoms with van der Waals surface area (Å²) < 4.78 is 8.00. The molecule has 0 saturated carbocycles. The van der Waals surface area contributed by atoms with E-state index in [1.54, 1.807) is 6.20 Å². The molecule has 2 aromatic heterocycles. The summed E-state index contributed by atoms with van der Waals surface area (Å²) in [5.74, 6) is -1.81. The number of β-lactam (4-membered cyclic amide) rings is 1. The number of oxime groups is 1. The molecule has 16 heteroatoms. The van der Waals surface area contributed by atoms with Crippen molar-refractivity contribution in [1.82, 2.24) is 23.9 Å². The first-order valence-electron chi connectivity index (χ1n) is 8.45. The number of nitrogens with two attached hydrogens (primary N) is 1. The number of thioether (sulfide) groups is 2. The number of amides is 2. The molecule has 2 amide bonds. The number of carboxylic acids is 1. The molecule has 2 aliphatic heterocycles. The van der Waals surface area contributed by atoms with Crippen molar-refractivity contribution >= 4 is 75.2 Å². The predicted octanol–water partition coefficient (Wildman–Crippen LogP) is 0.385. The monoisotopic (exact) mass is 499 g/mol. The van der Waals surface area contributed by atoms with Gasteiger partial charge in [-0.2, -0.15) is 8.75 Å². The lowest BCUT2D eigenvalue weighted by atomic mass is 10.0. The van der Waals surface area contributed by atoms with Crippen molar-refractivity contribution < 1.29 is 24.7 Å². The molecule has 4 heterocycles. The second-order valence-electron chi connectivity index (χ2n) is 6.14. The molecule has 0 bridgehead atoms. The molecule has 0 aliphatic carbocycles. The number of nitrogens with zero attached hydrogens (tertiary/aromatic N) is 5. The summed E-state index contributed by atoms with van der Waals surface area (Å²) in [6, 6.07) is -0.964. The SMILES string of the molecule is Nc1nc(/C(=N/O)C(=O)N[C@@H]2C(=O)N3C(C(=O)O)=C(SCc4cnsn4)CS[C@@H]23)cs1. The number of thiazole rings is 1. The maximum absolute atomic E-state index is 12.7. The van der Waals surface area contributed by atoms with Gasteiger partial charge in [-0.15, -0.1) is 34.9 Å². The third-order valence-electron chi connectivity index (χ3n) is 4.30. The first kappa shape index (κ1) is 21.5. The van der Waals surface area contributed by atoms with Crippen molar-refractivity contribution in [3.63, 3.8) is 0 Å². The minimum absolute atomic E-state index is 0.0729. The largest absolute Gasteiger partial charge is 0.477 e. The fraction of sp³-hybridized carbons (Fsp3) is 0.267. The van der Waals surface area contributed by atoms with Crippen LogP contribution in [0.25, 0.3) is 0 Å². The molecule has 31 heavy (non-hydrogen) atoms. The van der Waals surface area contributed by atoms with Gasteiger partial charge in [-0.25, -0.2) is 9.78 Å². The third-order valence-corrected chi connectivity index (χ3v) is 8.08. The van der Waals surface area contributed by atoms with Crippen LogP contribution in [0, 0.1) is 0 Å². The predicted molar refractivity (Wildman–Crippen MR) is 116 cm³/mol. The number of hydrogen-bond acceptors (Lipinski definition) is 13. The van der Waals surface area contributed by atoms with Crippen molar-refractivity contribution in [1.29, 1.82) is 0 Å². The van der Waals surface area contributed by atoms with E-state index in [2.05, 4.69) is 24.2 Å². The molecular weight excluding hydrogens is 486 g/mol. The topological polar surface area (TPSA) is 184 Å². The van der Waals surface area contributed by atoms with Gasteiger partial charge in [0.15, 0.2) is 10.8 Å². The van der Waals surface area contributed by atoms with Gasteiger partial charge in [0, 0.05) is 21.8 Å². The molecule has 0 aromatic carbocycles. The van der Waals surface area contributed by atoms with Crippen LogP contribution in [0.1, 0.15) is 11.4 Å². The minimum atomic E-state index is -1.22. The van der Waals surface area contributed by atoms with Crippen molar-refractivity contribution in [2.45, 2.75) is 17.2 Å². The Morgan fingerprint density at radius 1 is 1.45 bits per heavy atom. The highest BCUT2D eigenvalue weighted by atomic mass is 32.2. The standard InChI is InChI=1S/C15H13N7O5S4/c16-15-18-6(3-30-15)8(20-27)11(23)19-9-12(24)22-10(14(25)26)7(4-29-13(9)22)28-2-5-1-17-31-21-5/h1,3,9,13,27H,2,4H2,(H2,16,18)(H,19,23)(H,25,26)/b20-8-/t9-,13+/m1/s1. The van der Waals surface area contributed by atoms with Gasteiger partial charge in [0.25, 0.3) is 11.8 Å². The molecule has 162 valence electrons. The van der Waals surface area contributed by atoms with Crippen molar-refractivity contribution in [3.8, 4) is 0 Å². The number of carbonyl (C=O) groups excluding carboxylic acids is 2. The molecule has 2 aliphatic rings. The summed E-state index contributed by atoms with van der Waals surface area (Å²) in [6.45, 7) is 0. The number of hydrogen-bond donors (Lipinski definition) is 4. The van der Waals surface area contributed by atoms with Crippen molar-refractivity contribution in [2.75, 3.05) is 11.5 Å². The van der Waals surface area contributed by atoms with Gasteiger partial charge in [-0.1, -0.05) is 5.16 Å². The van der Waals surface area contributed by atoms with Gasteiger partial charge in [0.05, 0.1) is 23.6 Å². The molecule has 0 radical (unpaired) electrons. The molecular formula is C15H13N7O5S4. The van der Waals surface area contributed by atoms with Crippen molar-refractivity contribution in [2.24, 2.45) is 5.16 Å². The Morgan fingerprint density at radius 3 is 2.87 bits per heavy atom. The van der Waals surface area contributed by atoms with E-state index in [0.29, 0.717) is 16.4 Å². The first-order chi connectivity index (χ1) is 14.9. The second kappa shape index (κ2) is 8.81. The molecule has 12 nitrogen and oxygen atoms in total. The fourth-order valence-electron chi connectivity index (χ4n) is 2.93. The van der Waals surface area contributed by atoms with Crippen LogP contribution in [0.3, 0.4) is 0 Å². The summed E-state index contributed by atoms with van der Waals surface area (Å²) in [7, 11) is 0. The number of anilines is 1. The average molecular weight is 500 g/mol. The Bertz CT molecular complexity index is 1100. The Balaban J connectivity index is 1.48. The number of rotatable bonds is 7. The number of carboxylic acid groups (broad SMARTS) is 1. The van der Waals surface area contributed by atoms with Crippen LogP contribution in [0.5, 0.6) is 0 Å². The molecule has 2 aromatic rings. The van der Waals surface area contributed by atoms with E-state index in [1.165, 1.54) is 33.8 Å². The highest BCUT2D eigenvalue weighted by molar-refractivity contribution is 8.05. The van der Waals surface area contributed by atoms with Crippen LogP contribution >= 0.6 is 46.6 Å². The van der Waals surface area contributed by atoms with E-state index < -0.39 is 29.2 Å². The molecule has 1 fully saturated rings. The smallest absolute Gasteiger partial charge is 0.353 e. The van der Waals surface area contributed by atoms with Crippen LogP contribution in [0.4, 0.5) is 5.13 Å². The fourth-order valence-corrected chi connectivity index (χ4v) is 6.51. The molecule has 1 saturated heterocycles. The molecule has 0 unspecified atom stereocenters. The van der Waals surface area contributed by atoms with Crippen LogP contribution in [0.2, 0.25) is 0 Å². The van der Waals surface area contributed by atoms with E-state index in [4.69, 9.17) is 5.73 Å². The maximum atomic E-state index is 12.7. The zero-order chi connectivity index (χ0) is 22.1. The molecule has 4 rings (SSSR count). The van der Waals surface area contributed by atoms with E-state index >= 15 is 0 Å². The molecule has 0 spiro atoms. The van der Waals surface area contributed by atoms with Gasteiger partial charge < -0.3 is 21.4 Å². The lowest BCUT2D eigenvalue weighted by molar-refractivity contribution is -0.150. The maximum Gasteiger partial charge on any atom is 0.353 e. The normalized spacial score (nSPS) is 21.0. The zero-order valence-electron chi connectivity index (χ0n) is 15.3. The molecule has 5 N–H and O–H groups in total. The lowest BCUT2D eigenvalue weighted by Gasteiger charge is -2.49. The van der Waals surface area contributed by atoms with Crippen molar-refractivity contribution in [3.05, 3.63) is 33.6 Å². The number of nitrogens with one attached hydrogen (secondary N) is 1. The first-order valence-corrected chi connectivity index (χ1v) is 12.1. The zero-order valence-corrected chi connectivity index (χ0v) is 18.6. The number of aliphatic carboxylic acids is 1. The number of aromatic nitrogens is 3. The van der Waals surface area contributed by atoms with Crippen LogP contribution in [0.15, 0.2) is 27.3 Å². The second-order valence-corrected chi connectivity index (χ2v) is 9.77.